The van der Waals surface area contributed by atoms with Gasteiger partial charge in [0.25, 0.3) is 0 Å². The van der Waals surface area contributed by atoms with Crippen molar-refractivity contribution in [2.75, 3.05) is 34.9 Å². The molecule has 0 spiro atoms. The number of aliphatic hydroxyl groups is 5. The predicted octanol–water partition coefficient (Wildman–Crippen LogP) is 1.83. The summed E-state index contributed by atoms with van der Waals surface area (Å²) >= 11 is 0. The topological polar surface area (TPSA) is 239 Å². The van der Waals surface area contributed by atoms with Crippen LogP contribution in [-0.2, 0) is 73.8 Å². The Labute approximate surface area is 394 Å². The fourth-order valence-electron chi connectivity index (χ4n) is 9.51. The second-order valence-electron chi connectivity index (χ2n) is 18.7. The van der Waals surface area contributed by atoms with Crippen LogP contribution in [0.3, 0.4) is 0 Å². The van der Waals surface area contributed by atoms with Crippen LogP contribution in [0.25, 0.3) is 0 Å². The van der Waals surface area contributed by atoms with Crippen LogP contribution in [-0.4, -0.2) is 187 Å². The van der Waals surface area contributed by atoms with E-state index in [0.29, 0.717) is 12.0 Å². The number of aliphatic hydroxyl groups excluding tert-OH is 4. The van der Waals surface area contributed by atoms with E-state index in [0.717, 1.165) is 6.29 Å². The summed E-state index contributed by atoms with van der Waals surface area (Å²) in [4.78, 5) is 41.5. The van der Waals surface area contributed by atoms with Crippen molar-refractivity contribution >= 4 is 18.0 Å². The van der Waals surface area contributed by atoms with Gasteiger partial charge in [-0.05, 0) is 73.5 Å². The van der Waals surface area contributed by atoms with Crippen LogP contribution < -0.4 is 0 Å². The Morgan fingerprint density at radius 2 is 1.51 bits per heavy atom. The number of cyclic esters (lactones) is 1. The Kier molecular flexibility index (Phi) is 22.8. The fourth-order valence-corrected chi connectivity index (χ4v) is 9.51. The van der Waals surface area contributed by atoms with Gasteiger partial charge in [0.05, 0.1) is 55.2 Å². The summed E-state index contributed by atoms with van der Waals surface area (Å²) in [6.45, 7) is 13.6. The van der Waals surface area contributed by atoms with Gasteiger partial charge in [-0.1, -0.05) is 38.5 Å². The number of carbonyl (C=O) groups excluding carboxylic acids is 3. The summed E-state index contributed by atoms with van der Waals surface area (Å²) in [5, 5.41) is 55.8. The van der Waals surface area contributed by atoms with Gasteiger partial charge in [-0.3, -0.25) is 9.59 Å². The van der Waals surface area contributed by atoms with Gasteiger partial charge in [-0.25, -0.2) is 0 Å². The second kappa shape index (κ2) is 25.7. The number of methoxy groups -OCH3 is 2. The van der Waals surface area contributed by atoms with Gasteiger partial charge in [0.15, 0.2) is 24.7 Å². The first kappa shape index (κ1) is 57.6. The third-order valence-electron chi connectivity index (χ3n) is 13.4. The van der Waals surface area contributed by atoms with Crippen LogP contribution in [0.15, 0.2) is 23.8 Å². The minimum absolute atomic E-state index is 0. The van der Waals surface area contributed by atoms with Crippen molar-refractivity contribution in [2.45, 2.75) is 191 Å². The number of likely N-dealkylation sites (N-methyl/N-ethyl adjacent to an activating group) is 1. The molecule has 18 nitrogen and oxygen atoms in total. The molecule has 0 aromatic carbocycles. The van der Waals surface area contributed by atoms with E-state index < -0.39 is 140 Å². The summed E-state index contributed by atoms with van der Waals surface area (Å²) in [7, 11) is 6.43. The minimum atomic E-state index is -1.49. The van der Waals surface area contributed by atoms with Crippen LogP contribution in [0, 0.1) is 23.7 Å². The minimum Gasteiger partial charge on any atom is -0.462 e. The summed E-state index contributed by atoms with van der Waals surface area (Å²) in [5.74, 6) is -3.59. The molecule has 4 rings (SSSR count). The zero-order valence-corrected chi connectivity index (χ0v) is 41.1. The number of carbonyl (C=O) groups is 3. The molecule has 1 radical (unpaired) electrons. The maximum absolute atomic E-state index is 13.8. The standard InChI is InChI=1S/C46H77NO17.Co/c1-13-33-30(22-58-45-42(57-12)41(56-11)37(52)26(5)60-45)18-23(2)14-15-31(49)24(3)19-29(16-17-48)39(25(4)32(50)20-34(51)62-33)64-44-38(53)36(47(9)10)40(27(6)61-44)63-35-21-46(8,55)43(54)28(7)59-35;/h14-15,17-18,24-30,32-33,35-45,50,52-55H,13,16,19-22H2,1-12H3;/b15-14+,23-18+;/t24-,25+,26-,27-,28+,29+,30?,32-,33-,35+,36-,37-,38-,39-,40-,41-,42-,43+,44+,45-,46-;/m1./s1. The SMILES string of the molecule is CC[C@H]1OC(=O)C[C@@H](O)[C@H](C)[C@@H](O[C@@H]2O[C@H](C)[C@@H](O[C@H]3C[C@@](C)(O)[C@@H](O)[C@H](C)O3)[C@H](N(C)C)[C@H]2O)[C@@H](CC=O)C[C@@H](C)C(=O)/C=C/C(C)=C/C1CO[C@@H]1O[C@H](C)[C@@H](O)[C@@H](OC)[C@H]1OC.[Co]. The second-order valence-corrected chi connectivity index (χ2v) is 18.7. The van der Waals surface area contributed by atoms with E-state index in [1.165, 1.54) is 27.2 Å². The Bertz CT molecular complexity index is 1570. The Morgan fingerprint density at radius 3 is 2.09 bits per heavy atom. The summed E-state index contributed by atoms with van der Waals surface area (Å²) in [5.41, 5.74) is -0.806. The maximum Gasteiger partial charge on any atom is 0.308 e. The van der Waals surface area contributed by atoms with Gasteiger partial charge in [0.1, 0.15) is 49.0 Å². The van der Waals surface area contributed by atoms with Crippen LogP contribution >= 0.6 is 0 Å². The van der Waals surface area contributed by atoms with Gasteiger partial charge in [0, 0.05) is 61.6 Å². The molecule has 0 aromatic rings. The van der Waals surface area contributed by atoms with Crippen LogP contribution in [0.4, 0.5) is 0 Å². The van der Waals surface area contributed by atoms with Crippen LogP contribution in [0.5, 0.6) is 0 Å². The molecule has 0 aliphatic carbocycles. The number of ether oxygens (including phenoxy) is 9. The number of nitrogens with zero attached hydrogens (tertiary/aromatic N) is 1. The van der Waals surface area contributed by atoms with Crippen molar-refractivity contribution in [1.82, 2.24) is 4.90 Å². The van der Waals surface area contributed by atoms with Crippen LogP contribution in [0.2, 0.25) is 0 Å². The van der Waals surface area contributed by atoms with E-state index in [9.17, 15) is 39.9 Å². The zero-order valence-electron chi connectivity index (χ0n) is 40.0. The average molecular weight is 975 g/mol. The van der Waals surface area contributed by atoms with Crippen molar-refractivity contribution in [3.8, 4) is 0 Å². The molecular weight excluding hydrogens is 897 g/mol. The van der Waals surface area contributed by atoms with Crippen molar-refractivity contribution in [3.63, 3.8) is 0 Å². The molecule has 0 bridgehead atoms. The third-order valence-corrected chi connectivity index (χ3v) is 13.4. The van der Waals surface area contributed by atoms with E-state index in [2.05, 4.69) is 0 Å². The summed E-state index contributed by atoms with van der Waals surface area (Å²) in [6, 6.07) is -0.748. The fraction of sp³-hybridized carbons (Fsp3) is 0.848. The smallest absolute Gasteiger partial charge is 0.308 e. The molecule has 3 fully saturated rings. The number of allylic oxidation sites excluding steroid dienone is 3. The Hall–Kier alpha value is -1.76. The van der Waals surface area contributed by atoms with Crippen molar-refractivity contribution in [3.05, 3.63) is 23.8 Å². The molecule has 19 heteroatoms. The van der Waals surface area contributed by atoms with E-state index in [4.69, 9.17) is 42.6 Å². The molecule has 3 saturated heterocycles. The van der Waals surface area contributed by atoms with Crippen molar-refractivity contribution in [1.29, 1.82) is 0 Å². The molecule has 0 saturated carbocycles. The third kappa shape index (κ3) is 14.6. The normalized spacial score (nSPS) is 45.2. The first-order valence-electron chi connectivity index (χ1n) is 22.7. The van der Waals surface area contributed by atoms with E-state index in [1.54, 1.807) is 59.7 Å². The number of ketones is 1. The van der Waals surface area contributed by atoms with Gasteiger partial charge in [0.2, 0.25) is 0 Å². The van der Waals surface area contributed by atoms with Crippen LogP contribution in [0.1, 0.15) is 87.5 Å². The number of hydrogen-bond donors (Lipinski definition) is 5. The average Bonchev–Trinajstić information content (AvgIpc) is 3.23. The predicted molar refractivity (Wildman–Crippen MR) is 230 cm³/mol. The van der Waals surface area contributed by atoms with E-state index >= 15 is 0 Å². The van der Waals surface area contributed by atoms with Crippen molar-refractivity contribution < 1.29 is 99.3 Å². The van der Waals surface area contributed by atoms with Gasteiger partial charge < -0.3 is 77.9 Å². The van der Waals surface area contributed by atoms with Gasteiger partial charge >= 0.3 is 5.97 Å². The summed E-state index contributed by atoms with van der Waals surface area (Å²) < 4.78 is 54.7. The molecule has 4 aliphatic rings. The molecule has 0 aromatic heterocycles. The molecule has 377 valence electrons. The van der Waals surface area contributed by atoms with Gasteiger partial charge in [-0.15, -0.1) is 0 Å². The van der Waals surface area contributed by atoms with E-state index in [1.807, 2.05) is 19.9 Å². The largest absolute Gasteiger partial charge is 0.462 e. The molecule has 1 unspecified atom stereocenters. The van der Waals surface area contributed by atoms with Crippen molar-refractivity contribution in [2.24, 2.45) is 23.7 Å². The quantitative estimate of drug-likeness (QED) is 0.131. The number of hydrogen-bond acceptors (Lipinski definition) is 18. The molecule has 21 atom stereocenters. The Morgan fingerprint density at radius 1 is 0.862 bits per heavy atom. The maximum atomic E-state index is 13.8. The number of rotatable bonds is 13. The molecule has 5 N–H and O–H groups in total. The monoisotopic (exact) mass is 974 g/mol. The Balaban J connectivity index is 0.0000112. The number of aldehydes is 1. The molecule has 0 amide bonds. The molecule has 65 heavy (non-hydrogen) atoms. The summed E-state index contributed by atoms with van der Waals surface area (Å²) in [6.07, 6.45) is -8.49. The molecule has 4 heterocycles. The first-order chi connectivity index (χ1) is 30.1. The van der Waals surface area contributed by atoms with Gasteiger partial charge in [-0.2, -0.15) is 0 Å². The molecule has 4 aliphatic heterocycles. The van der Waals surface area contributed by atoms with E-state index in [-0.39, 0.29) is 48.4 Å². The first-order valence-corrected chi connectivity index (χ1v) is 22.7. The zero-order chi connectivity index (χ0) is 47.8. The molecular formula is C46H77CoNO17. The number of esters is 1.